The SMILES string of the molecule is CCCCCCCc1c(C)nn(C(=O)COc2ccc(C(C)C)cc2)c1C. The van der Waals surface area contributed by atoms with Crippen LogP contribution in [0.4, 0.5) is 0 Å². The molecule has 27 heavy (non-hydrogen) atoms. The molecule has 0 unspecified atom stereocenters. The first-order valence-corrected chi connectivity index (χ1v) is 10.2. The summed E-state index contributed by atoms with van der Waals surface area (Å²) in [4.78, 5) is 12.6. The van der Waals surface area contributed by atoms with Crippen molar-refractivity contribution < 1.29 is 9.53 Å². The standard InChI is InChI=1S/C23H34N2O2/c1-6-7-8-9-10-11-22-18(4)24-25(19(22)5)23(26)16-27-21-14-12-20(13-15-21)17(2)3/h12-15,17H,6-11,16H2,1-5H3. The van der Waals surface area contributed by atoms with E-state index in [1.54, 1.807) is 0 Å². The van der Waals surface area contributed by atoms with Gasteiger partial charge >= 0.3 is 0 Å². The molecule has 0 aliphatic heterocycles. The predicted octanol–water partition coefficient (Wildman–Crippen LogP) is 5.86. The number of hydrogen-bond acceptors (Lipinski definition) is 3. The smallest absolute Gasteiger partial charge is 0.284 e. The Bertz CT molecular complexity index is 730. The van der Waals surface area contributed by atoms with Gasteiger partial charge in [0, 0.05) is 5.69 Å². The quantitative estimate of drug-likeness (QED) is 0.492. The van der Waals surface area contributed by atoms with E-state index in [9.17, 15) is 4.79 Å². The highest BCUT2D eigenvalue weighted by atomic mass is 16.5. The molecule has 2 rings (SSSR count). The lowest BCUT2D eigenvalue weighted by molar-refractivity contribution is 0.0818. The zero-order chi connectivity index (χ0) is 19.8. The van der Waals surface area contributed by atoms with Crippen molar-refractivity contribution in [1.29, 1.82) is 0 Å². The molecule has 2 aromatic rings. The van der Waals surface area contributed by atoms with Gasteiger partial charge in [-0.15, -0.1) is 0 Å². The van der Waals surface area contributed by atoms with Crippen LogP contribution in [-0.2, 0) is 6.42 Å². The highest BCUT2D eigenvalue weighted by Gasteiger charge is 2.16. The summed E-state index contributed by atoms with van der Waals surface area (Å²) in [6.45, 7) is 10.5. The predicted molar refractivity (Wildman–Crippen MR) is 111 cm³/mol. The maximum atomic E-state index is 12.6. The molecule has 0 fully saturated rings. The summed E-state index contributed by atoms with van der Waals surface area (Å²) < 4.78 is 7.19. The van der Waals surface area contributed by atoms with Gasteiger partial charge in [0.15, 0.2) is 6.61 Å². The lowest BCUT2D eigenvalue weighted by Crippen LogP contribution is -2.21. The Morgan fingerprint density at radius 3 is 2.37 bits per heavy atom. The first-order valence-electron chi connectivity index (χ1n) is 10.2. The number of ether oxygens (including phenoxy) is 1. The Labute approximate surface area is 163 Å². The summed E-state index contributed by atoms with van der Waals surface area (Å²) in [7, 11) is 0. The molecule has 0 aliphatic rings. The van der Waals surface area contributed by atoms with E-state index in [0.29, 0.717) is 11.7 Å². The molecule has 0 aliphatic carbocycles. The second-order valence-corrected chi connectivity index (χ2v) is 7.63. The molecule has 4 nitrogen and oxygen atoms in total. The maximum absolute atomic E-state index is 12.6. The average Bonchev–Trinajstić information content (AvgIpc) is 2.94. The van der Waals surface area contributed by atoms with E-state index < -0.39 is 0 Å². The third kappa shape index (κ3) is 5.95. The molecule has 0 radical (unpaired) electrons. The number of benzene rings is 1. The first kappa shape index (κ1) is 21.2. The number of hydrogen-bond donors (Lipinski definition) is 0. The molecule has 4 heteroatoms. The van der Waals surface area contributed by atoms with Crippen LogP contribution in [0.15, 0.2) is 24.3 Å². The van der Waals surface area contributed by atoms with Crippen LogP contribution in [0.1, 0.15) is 86.1 Å². The van der Waals surface area contributed by atoms with E-state index in [2.05, 4.69) is 25.9 Å². The van der Waals surface area contributed by atoms with Gasteiger partial charge in [-0.3, -0.25) is 4.79 Å². The number of aryl methyl sites for hydroxylation is 1. The number of aromatic nitrogens is 2. The van der Waals surface area contributed by atoms with Gasteiger partial charge in [-0.1, -0.05) is 58.6 Å². The second-order valence-electron chi connectivity index (χ2n) is 7.63. The van der Waals surface area contributed by atoms with E-state index in [4.69, 9.17) is 4.74 Å². The number of nitrogens with zero attached hydrogens (tertiary/aromatic N) is 2. The third-order valence-corrected chi connectivity index (χ3v) is 5.12. The minimum Gasteiger partial charge on any atom is -0.484 e. The fourth-order valence-corrected chi connectivity index (χ4v) is 3.34. The van der Waals surface area contributed by atoms with Crippen molar-refractivity contribution in [3.63, 3.8) is 0 Å². The van der Waals surface area contributed by atoms with Crippen LogP contribution in [0, 0.1) is 13.8 Å². The van der Waals surface area contributed by atoms with Gasteiger partial charge in [0.25, 0.3) is 5.91 Å². The minimum absolute atomic E-state index is 0.00107. The van der Waals surface area contributed by atoms with Gasteiger partial charge in [0.2, 0.25) is 0 Å². The Hall–Kier alpha value is -2.10. The largest absolute Gasteiger partial charge is 0.484 e. The highest BCUT2D eigenvalue weighted by Crippen LogP contribution is 2.20. The number of carbonyl (C=O) groups excluding carboxylic acids is 1. The molecular formula is C23H34N2O2. The van der Waals surface area contributed by atoms with Crippen LogP contribution >= 0.6 is 0 Å². The van der Waals surface area contributed by atoms with Crippen LogP contribution < -0.4 is 4.74 Å². The molecule has 0 bridgehead atoms. The Kier molecular flexibility index (Phi) is 8.08. The average molecular weight is 371 g/mol. The number of unbranched alkanes of at least 4 members (excludes halogenated alkanes) is 4. The van der Waals surface area contributed by atoms with Crippen LogP contribution in [0.3, 0.4) is 0 Å². The van der Waals surface area contributed by atoms with Crippen molar-refractivity contribution in [3.05, 3.63) is 46.8 Å². The van der Waals surface area contributed by atoms with E-state index in [1.165, 1.54) is 41.5 Å². The third-order valence-electron chi connectivity index (χ3n) is 5.12. The molecule has 0 saturated carbocycles. The molecule has 1 aromatic heterocycles. The fraction of sp³-hybridized carbons (Fsp3) is 0.565. The molecular weight excluding hydrogens is 336 g/mol. The summed E-state index contributed by atoms with van der Waals surface area (Å²) >= 11 is 0. The van der Waals surface area contributed by atoms with Gasteiger partial charge in [0.05, 0.1) is 5.69 Å². The summed E-state index contributed by atoms with van der Waals surface area (Å²) in [5.41, 5.74) is 4.38. The van der Waals surface area contributed by atoms with Crippen LogP contribution in [0.5, 0.6) is 5.75 Å². The minimum atomic E-state index is -0.124. The van der Waals surface area contributed by atoms with Crippen LogP contribution in [0.2, 0.25) is 0 Å². The summed E-state index contributed by atoms with van der Waals surface area (Å²) in [5, 5.41) is 4.46. The molecule has 0 N–H and O–H groups in total. The molecule has 0 spiro atoms. The monoisotopic (exact) mass is 370 g/mol. The maximum Gasteiger partial charge on any atom is 0.284 e. The van der Waals surface area contributed by atoms with Crippen molar-refractivity contribution in [2.45, 2.75) is 79.1 Å². The van der Waals surface area contributed by atoms with Crippen LogP contribution in [-0.4, -0.2) is 22.3 Å². The molecule has 0 saturated heterocycles. The van der Waals surface area contributed by atoms with E-state index >= 15 is 0 Å². The van der Waals surface area contributed by atoms with E-state index in [-0.39, 0.29) is 12.5 Å². The Morgan fingerprint density at radius 2 is 1.74 bits per heavy atom. The summed E-state index contributed by atoms with van der Waals surface area (Å²) in [6.07, 6.45) is 7.22. The lowest BCUT2D eigenvalue weighted by Gasteiger charge is -2.09. The number of carbonyl (C=O) groups is 1. The topological polar surface area (TPSA) is 44.1 Å². The molecule has 148 valence electrons. The lowest BCUT2D eigenvalue weighted by atomic mass is 10.0. The molecule has 1 heterocycles. The van der Waals surface area contributed by atoms with Crippen molar-refractivity contribution in [1.82, 2.24) is 9.78 Å². The van der Waals surface area contributed by atoms with Crippen molar-refractivity contribution in [2.75, 3.05) is 6.61 Å². The zero-order valence-electron chi connectivity index (χ0n) is 17.5. The van der Waals surface area contributed by atoms with Gasteiger partial charge in [0.1, 0.15) is 5.75 Å². The van der Waals surface area contributed by atoms with E-state index in [0.717, 1.165) is 24.2 Å². The van der Waals surface area contributed by atoms with Gasteiger partial charge < -0.3 is 4.74 Å². The van der Waals surface area contributed by atoms with Crippen LogP contribution in [0.25, 0.3) is 0 Å². The first-order chi connectivity index (χ1) is 12.9. The molecule has 1 aromatic carbocycles. The van der Waals surface area contributed by atoms with Gasteiger partial charge in [-0.2, -0.15) is 5.10 Å². The van der Waals surface area contributed by atoms with E-state index in [1.807, 2.05) is 38.1 Å². The normalized spacial score (nSPS) is 11.2. The van der Waals surface area contributed by atoms with Gasteiger partial charge in [-0.05, 0) is 55.9 Å². The fourth-order valence-electron chi connectivity index (χ4n) is 3.34. The Morgan fingerprint density at radius 1 is 1.07 bits per heavy atom. The van der Waals surface area contributed by atoms with Crippen molar-refractivity contribution >= 4 is 5.91 Å². The van der Waals surface area contributed by atoms with Gasteiger partial charge in [-0.25, -0.2) is 4.68 Å². The molecule has 0 amide bonds. The number of rotatable bonds is 10. The Balaban J connectivity index is 1.93. The summed E-state index contributed by atoms with van der Waals surface area (Å²) in [6, 6.07) is 7.94. The second kappa shape index (κ2) is 10.3. The zero-order valence-corrected chi connectivity index (χ0v) is 17.5. The molecule has 0 atom stereocenters. The highest BCUT2D eigenvalue weighted by molar-refractivity contribution is 5.80. The van der Waals surface area contributed by atoms with Crippen molar-refractivity contribution in [3.8, 4) is 5.75 Å². The van der Waals surface area contributed by atoms with Crippen molar-refractivity contribution in [2.24, 2.45) is 0 Å². The summed E-state index contributed by atoms with van der Waals surface area (Å²) in [5.74, 6) is 1.07.